The van der Waals surface area contributed by atoms with Gasteiger partial charge in [-0.1, -0.05) is 62.4 Å². The number of nitrogens with one attached hydrogen (secondary N) is 1. The number of benzene rings is 2. The van der Waals surface area contributed by atoms with Crippen LogP contribution in [-0.2, 0) is 4.79 Å². The van der Waals surface area contributed by atoms with Crippen LogP contribution in [0, 0.1) is 5.41 Å². The molecule has 0 atom stereocenters. The van der Waals surface area contributed by atoms with Gasteiger partial charge in [0.25, 0.3) is 0 Å². The number of carbonyl (C=O) groups is 1. The van der Waals surface area contributed by atoms with E-state index in [4.69, 9.17) is 10.5 Å². The molecule has 0 unspecified atom stereocenters. The highest BCUT2D eigenvalue weighted by atomic mass is 16.5. The zero-order valence-electron chi connectivity index (χ0n) is 15.1. The molecule has 0 saturated carbocycles. The molecule has 2 aromatic carbocycles. The van der Waals surface area contributed by atoms with Crippen LogP contribution in [0.25, 0.3) is 11.1 Å². The van der Waals surface area contributed by atoms with Gasteiger partial charge in [0.15, 0.2) is 0 Å². The standard InChI is InChI=1S/C21H28N2O2/c1-3-21(4-2,16-22)20(24)23-14-15-25-19-13-9-8-12-18(19)17-10-6-5-7-11-17/h5-13H,3-4,14-16,22H2,1-2H3,(H,23,24). The molecule has 4 heteroatoms. The SMILES string of the molecule is CCC(CC)(CN)C(=O)NCCOc1ccccc1-c1ccccc1. The summed E-state index contributed by atoms with van der Waals surface area (Å²) in [6.07, 6.45) is 1.48. The summed E-state index contributed by atoms with van der Waals surface area (Å²) in [5.41, 5.74) is 7.51. The number of ether oxygens (including phenoxy) is 1. The number of hydrogen-bond donors (Lipinski definition) is 2. The van der Waals surface area contributed by atoms with E-state index in [1.165, 1.54) is 0 Å². The molecule has 0 bridgehead atoms. The van der Waals surface area contributed by atoms with Crippen molar-refractivity contribution in [3.63, 3.8) is 0 Å². The largest absolute Gasteiger partial charge is 0.491 e. The van der Waals surface area contributed by atoms with Crippen LogP contribution in [-0.4, -0.2) is 25.6 Å². The van der Waals surface area contributed by atoms with Crippen LogP contribution in [0.2, 0.25) is 0 Å². The lowest BCUT2D eigenvalue weighted by atomic mass is 9.81. The maximum atomic E-state index is 12.4. The first-order chi connectivity index (χ1) is 12.2. The summed E-state index contributed by atoms with van der Waals surface area (Å²) in [5, 5.41) is 2.96. The Balaban J connectivity index is 1.94. The zero-order valence-corrected chi connectivity index (χ0v) is 15.1. The van der Waals surface area contributed by atoms with Crippen LogP contribution >= 0.6 is 0 Å². The first-order valence-electron chi connectivity index (χ1n) is 8.92. The fraction of sp³-hybridized carbons (Fsp3) is 0.381. The van der Waals surface area contributed by atoms with Gasteiger partial charge in [-0.2, -0.15) is 0 Å². The van der Waals surface area contributed by atoms with Crippen LogP contribution in [0.1, 0.15) is 26.7 Å². The molecule has 2 aromatic rings. The third-order valence-corrected chi connectivity index (χ3v) is 4.84. The van der Waals surface area contributed by atoms with Crippen molar-refractivity contribution in [1.29, 1.82) is 0 Å². The second-order valence-corrected chi connectivity index (χ2v) is 6.16. The van der Waals surface area contributed by atoms with Crippen molar-refractivity contribution in [3.8, 4) is 16.9 Å². The molecule has 4 nitrogen and oxygen atoms in total. The smallest absolute Gasteiger partial charge is 0.227 e. The highest BCUT2D eigenvalue weighted by Crippen LogP contribution is 2.29. The fourth-order valence-electron chi connectivity index (χ4n) is 2.91. The highest BCUT2D eigenvalue weighted by Gasteiger charge is 2.32. The monoisotopic (exact) mass is 340 g/mol. The van der Waals surface area contributed by atoms with E-state index in [2.05, 4.69) is 17.4 Å². The number of para-hydroxylation sites is 1. The number of hydrogen-bond acceptors (Lipinski definition) is 3. The Morgan fingerprint density at radius 2 is 1.68 bits per heavy atom. The predicted molar refractivity (Wildman–Crippen MR) is 102 cm³/mol. The van der Waals surface area contributed by atoms with Crippen LogP contribution in [0.4, 0.5) is 0 Å². The summed E-state index contributed by atoms with van der Waals surface area (Å²) in [7, 11) is 0. The molecule has 0 radical (unpaired) electrons. The van der Waals surface area contributed by atoms with Gasteiger partial charge in [-0.15, -0.1) is 0 Å². The molecule has 25 heavy (non-hydrogen) atoms. The van der Waals surface area contributed by atoms with Gasteiger partial charge in [0.1, 0.15) is 12.4 Å². The molecule has 0 aliphatic heterocycles. The maximum absolute atomic E-state index is 12.4. The van der Waals surface area contributed by atoms with E-state index in [1.807, 2.05) is 56.3 Å². The minimum Gasteiger partial charge on any atom is -0.491 e. The van der Waals surface area contributed by atoms with E-state index in [1.54, 1.807) is 0 Å². The Morgan fingerprint density at radius 3 is 2.32 bits per heavy atom. The lowest BCUT2D eigenvalue weighted by molar-refractivity contribution is -0.131. The summed E-state index contributed by atoms with van der Waals surface area (Å²) in [6, 6.07) is 18.1. The molecule has 0 aromatic heterocycles. The topological polar surface area (TPSA) is 64.4 Å². The van der Waals surface area contributed by atoms with Gasteiger partial charge < -0.3 is 15.8 Å². The average molecular weight is 340 g/mol. The molecular weight excluding hydrogens is 312 g/mol. The predicted octanol–water partition coefficient (Wildman–Crippen LogP) is 3.61. The van der Waals surface area contributed by atoms with Crippen LogP contribution < -0.4 is 15.8 Å². The Kier molecular flexibility index (Phi) is 7.02. The molecule has 1 amide bonds. The minimum absolute atomic E-state index is 0.0138. The van der Waals surface area contributed by atoms with Crippen molar-refractivity contribution >= 4 is 5.91 Å². The molecule has 0 saturated heterocycles. The Labute approximate surface area is 150 Å². The van der Waals surface area contributed by atoms with Crippen molar-refractivity contribution in [2.45, 2.75) is 26.7 Å². The molecule has 0 aliphatic rings. The van der Waals surface area contributed by atoms with Gasteiger partial charge in [-0.3, -0.25) is 4.79 Å². The maximum Gasteiger partial charge on any atom is 0.227 e. The lowest BCUT2D eigenvalue weighted by Crippen LogP contribution is -2.46. The van der Waals surface area contributed by atoms with Crippen LogP contribution in [0.5, 0.6) is 5.75 Å². The summed E-state index contributed by atoms with van der Waals surface area (Å²) in [4.78, 5) is 12.4. The molecule has 0 fully saturated rings. The van der Waals surface area contributed by atoms with Crippen LogP contribution in [0.15, 0.2) is 54.6 Å². The second-order valence-electron chi connectivity index (χ2n) is 6.16. The van der Waals surface area contributed by atoms with E-state index in [0.29, 0.717) is 19.7 Å². The number of rotatable bonds is 9. The summed E-state index contributed by atoms with van der Waals surface area (Å²) in [6.45, 7) is 5.25. The Bertz CT molecular complexity index is 658. The number of amides is 1. The molecule has 3 N–H and O–H groups in total. The van der Waals surface area contributed by atoms with Crippen molar-refractivity contribution in [2.75, 3.05) is 19.7 Å². The van der Waals surface area contributed by atoms with Crippen molar-refractivity contribution in [2.24, 2.45) is 11.1 Å². The molecule has 134 valence electrons. The van der Waals surface area contributed by atoms with E-state index in [9.17, 15) is 4.79 Å². The number of carbonyl (C=O) groups excluding carboxylic acids is 1. The zero-order chi connectivity index (χ0) is 18.1. The Morgan fingerprint density at radius 1 is 1.04 bits per heavy atom. The Hall–Kier alpha value is -2.33. The molecule has 0 heterocycles. The van der Waals surface area contributed by atoms with Gasteiger partial charge in [-0.25, -0.2) is 0 Å². The van der Waals surface area contributed by atoms with Gasteiger partial charge in [0, 0.05) is 12.1 Å². The fourth-order valence-corrected chi connectivity index (χ4v) is 2.91. The molecule has 0 spiro atoms. The third kappa shape index (κ3) is 4.60. The molecule has 2 rings (SSSR count). The summed E-state index contributed by atoms with van der Waals surface area (Å²) < 4.78 is 5.91. The second kappa shape index (κ2) is 9.23. The van der Waals surface area contributed by atoms with Gasteiger partial charge in [-0.05, 0) is 24.5 Å². The van der Waals surface area contributed by atoms with Gasteiger partial charge in [0.05, 0.1) is 12.0 Å². The first kappa shape index (κ1) is 19.0. The van der Waals surface area contributed by atoms with E-state index < -0.39 is 5.41 Å². The highest BCUT2D eigenvalue weighted by molar-refractivity contribution is 5.82. The molecular formula is C21H28N2O2. The quantitative estimate of drug-likeness (QED) is 0.685. The molecule has 0 aliphatic carbocycles. The van der Waals surface area contributed by atoms with Crippen molar-refractivity contribution < 1.29 is 9.53 Å². The normalized spacial score (nSPS) is 11.2. The third-order valence-electron chi connectivity index (χ3n) is 4.84. The van der Waals surface area contributed by atoms with E-state index in [0.717, 1.165) is 29.7 Å². The van der Waals surface area contributed by atoms with Crippen molar-refractivity contribution in [1.82, 2.24) is 5.32 Å². The summed E-state index contributed by atoms with van der Waals surface area (Å²) in [5.74, 6) is 0.832. The lowest BCUT2D eigenvalue weighted by Gasteiger charge is -2.28. The summed E-state index contributed by atoms with van der Waals surface area (Å²) >= 11 is 0. The van der Waals surface area contributed by atoms with Gasteiger partial charge >= 0.3 is 0 Å². The average Bonchev–Trinajstić information content (AvgIpc) is 2.68. The van der Waals surface area contributed by atoms with E-state index in [-0.39, 0.29) is 5.91 Å². The first-order valence-corrected chi connectivity index (χ1v) is 8.92. The van der Waals surface area contributed by atoms with E-state index >= 15 is 0 Å². The van der Waals surface area contributed by atoms with Crippen molar-refractivity contribution in [3.05, 3.63) is 54.6 Å². The minimum atomic E-state index is -0.470. The van der Waals surface area contributed by atoms with Crippen LogP contribution in [0.3, 0.4) is 0 Å². The number of nitrogens with two attached hydrogens (primary N) is 1. The van der Waals surface area contributed by atoms with Gasteiger partial charge in [0.2, 0.25) is 5.91 Å².